The number of aliphatic hydroxyl groups is 1. The van der Waals surface area contributed by atoms with Crippen molar-refractivity contribution in [3.8, 4) is 0 Å². The van der Waals surface area contributed by atoms with Gasteiger partial charge in [0.25, 0.3) is 0 Å². The van der Waals surface area contributed by atoms with Gasteiger partial charge in [-0.15, -0.1) is 0 Å². The summed E-state index contributed by atoms with van der Waals surface area (Å²) in [6, 6.07) is 9.10. The molecule has 1 heterocycles. The molecule has 2 rings (SSSR count). The lowest BCUT2D eigenvalue weighted by Gasteiger charge is -2.28. The molecule has 0 radical (unpaired) electrons. The largest absolute Gasteiger partial charge is 0.385 e. The average molecular weight is 290 g/mol. The summed E-state index contributed by atoms with van der Waals surface area (Å²) in [6.07, 6.45) is 1.06. The molecule has 3 unspecified atom stereocenters. The summed E-state index contributed by atoms with van der Waals surface area (Å²) in [5.41, 5.74) is 6.23. The van der Waals surface area contributed by atoms with Crippen LogP contribution in [-0.2, 0) is 16.0 Å². The molecule has 1 aliphatic rings. The lowest BCUT2D eigenvalue weighted by molar-refractivity contribution is -0.129. The molecule has 5 nitrogen and oxygen atoms in total. The number of aliphatic hydroxyl groups excluding tert-OH is 1. The van der Waals surface area contributed by atoms with Gasteiger partial charge in [0.05, 0.1) is 6.04 Å². The molecule has 1 amide bonds. The fourth-order valence-electron chi connectivity index (χ4n) is 2.77. The van der Waals surface area contributed by atoms with Gasteiger partial charge in [0.15, 0.2) is 5.78 Å². The zero-order valence-electron chi connectivity index (χ0n) is 12.0. The van der Waals surface area contributed by atoms with E-state index in [1.165, 1.54) is 0 Å². The van der Waals surface area contributed by atoms with Gasteiger partial charge >= 0.3 is 0 Å². The quantitative estimate of drug-likeness (QED) is 0.707. The van der Waals surface area contributed by atoms with E-state index in [0.717, 1.165) is 12.0 Å². The summed E-state index contributed by atoms with van der Waals surface area (Å²) in [5.74, 6) is -0.423. The van der Waals surface area contributed by atoms with Crippen molar-refractivity contribution in [1.29, 1.82) is 0 Å². The Hall–Kier alpha value is -1.72. The summed E-state index contributed by atoms with van der Waals surface area (Å²) in [5, 5.41) is 13.1. The van der Waals surface area contributed by atoms with E-state index in [4.69, 9.17) is 5.73 Å². The molecule has 5 heteroatoms. The third-order valence-corrected chi connectivity index (χ3v) is 3.99. The van der Waals surface area contributed by atoms with E-state index in [2.05, 4.69) is 5.32 Å². The molecule has 0 aromatic heterocycles. The zero-order valence-corrected chi connectivity index (χ0v) is 12.0. The molecular weight excluding hydrogens is 268 g/mol. The van der Waals surface area contributed by atoms with E-state index in [1.807, 2.05) is 30.3 Å². The van der Waals surface area contributed by atoms with Gasteiger partial charge in [-0.05, 0) is 30.9 Å². The predicted molar refractivity (Wildman–Crippen MR) is 79.5 cm³/mol. The number of rotatable bonds is 6. The number of primary amides is 1. The number of benzene rings is 1. The Kier molecular flexibility index (Phi) is 5.47. The Morgan fingerprint density at radius 1 is 1.33 bits per heavy atom. The summed E-state index contributed by atoms with van der Waals surface area (Å²) < 4.78 is 0. The third kappa shape index (κ3) is 4.65. The highest BCUT2D eigenvalue weighted by molar-refractivity contribution is 5.84. The zero-order chi connectivity index (χ0) is 15.2. The van der Waals surface area contributed by atoms with Crippen LogP contribution < -0.4 is 11.1 Å². The highest BCUT2D eigenvalue weighted by Crippen LogP contribution is 2.21. The fourth-order valence-corrected chi connectivity index (χ4v) is 2.77. The Bertz CT molecular complexity index is 490. The number of hydrogen-bond acceptors (Lipinski definition) is 4. The highest BCUT2D eigenvalue weighted by atomic mass is 16.3. The van der Waals surface area contributed by atoms with Crippen LogP contribution in [0.3, 0.4) is 0 Å². The van der Waals surface area contributed by atoms with Crippen LogP contribution in [-0.4, -0.2) is 35.5 Å². The second-order valence-electron chi connectivity index (χ2n) is 5.68. The van der Waals surface area contributed by atoms with Gasteiger partial charge in [-0.2, -0.15) is 0 Å². The SMILES string of the molecule is NC(=O)C1CC(CC(=O)C(O)Cc2ccccc2)CCN1. The van der Waals surface area contributed by atoms with Crippen LogP contribution in [0.5, 0.6) is 0 Å². The summed E-state index contributed by atoms with van der Waals surface area (Å²) >= 11 is 0. The smallest absolute Gasteiger partial charge is 0.234 e. The lowest BCUT2D eigenvalue weighted by Crippen LogP contribution is -2.47. The van der Waals surface area contributed by atoms with Gasteiger partial charge in [0, 0.05) is 12.8 Å². The molecule has 114 valence electrons. The molecule has 1 aromatic carbocycles. The maximum atomic E-state index is 12.1. The first-order chi connectivity index (χ1) is 10.1. The van der Waals surface area contributed by atoms with Crippen molar-refractivity contribution in [2.75, 3.05) is 6.54 Å². The van der Waals surface area contributed by atoms with Crippen LogP contribution in [0.15, 0.2) is 30.3 Å². The topological polar surface area (TPSA) is 92.4 Å². The molecule has 3 atom stereocenters. The van der Waals surface area contributed by atoms with Crippen LogP contribution in [0, 0.1) is 5.92 Å². The first-order valence-electron chi connectivity index (χ1n) is 7.33. The Balaban J connectivity index is 1.84. The number of Topliss-reactive ketones (excluding diaryl/α,β-unsaturated/α-hetero) is 1. The van der Waals surface area contributed by atoms with E-state index in [0.29, 0.717) is 25.8 Å². The van der Waals surface area contributed by atoms with Crippen molar-refractivity contribution in [2.24, 2.45) is 11.7 Å². The average Bonchev–Trinajstić information content (AvgIpc) is 2.48. The van der Waals surface area contributed by atoms with Crippen molar-refractivity contribution < 1.29 is 14.7 Å². The Labute approximate surface area is 124 Å². The van der Waals surface area contributed by atoms with Crippen molar-refractivity contribution in [1.82, 2.24) is 5.32 Å². The number of piperidine rings is 1. The second-order valence-corrected chi connectivity index (χ2v) is 5.68. The predicted octanol–water partition coefficient (Wildman–Crippen LogP) is 0.403. The van der Waals surface area contributed by atoms with Gasteiger partial charge in [-0.1, -0.05) is 30.3 Å². The minimum atomic E-state index is -0.977. The number of ketones is 1. The van der Waals surface area contributed by atoms with Gasteiger partial charge in [-0.25, -0.2) is 0 Å². The van der Waals surface area contributed by atoms with Crippen LogP contribution in [0.2, 0.25) is 0 Å². The number of nitrogens with one attached hydrogen (secondary N) is 1. The van der Waals surface area contributed by atoms with Gasteiger partial charge in [0.1, 0.15) is 6.10 Å². The van der Waals surface area contributed by atoms with Crippen LogP contribution in [0.4, 0.5) is 0 Å². The number of carbonyl (C=O) groups excluding carboxylic acids is 2. The lowest BCUT2D eigenvalue weighted by atomic mass is 9.86. The molecule has 1 fully saturated rings. The first-order valence-corrected chi connectivity index (χ1v) is 7.33. The minimum absolute atomic E-state index is 0.113. The fraction of sp³-hybridized carbons (Fsp3) is 0.500. The molecule has 0 aliphatic carbocycles. The molecule has 4 N–H and O–H groups in total. The molecule has 1 aromatic rings. The van der Waals surface area contributed by atoms with Crippen LogP contribution in [0.1, 0.15) is 24.8 Å². The number of nitrogens with two attached hydrogens (primary N) is 1. The Morgan fingerprint density at radius 3 is 2.71 bits per heavy atom. The minimum Gasteiger partial charge on any atom is -0.385 e. The Morgan fingerprint density at radius 2 is 2.05 bits per heavy atom. The van der Waals surface area contributed by atoms with Crippen LogP contribution >= 0.6 is 0 Å². The number of carbonyl (C=O) groups is 2. The van der Waals surface area contributed by atoms with Crippen molar-refractivity contribution in [3.05, 3.63) is 35.9 Å². The number of amides is 1. The molecule has 1 saturated heterocycles. The number of hydrogen-bond donors (Lipinski definition) is 3. The van der Waals surface area contributed by atoms with Crippen molar-refractivity contribution in [2.45, 2.75) is 37.8 Å². The summed E-state index contributed by atoms with van der Waals surface area (Å²) in [6.45, 7) is 0.681. The first kappa shape index (κ1) is 15.7. The van der Waals surface area contributed by atoms with Crippen molar-refractivity contribution >= 4 is 11.7 Å². The standard InChI is InChI=1S/C16H22N2O3/c17-16(21)13-8-12(6-7-18-13)10-15(20)14(19)9-11-4-2-1-3-5-11/h1-5,12-14,18-19H,6-10H2,(H2,17,21). The maximum absolute atomic E-state index is 12.1. The third-order valence-electron chi connectivity index (χ3n) is 3.99. The monoisotopic (exact) mass is 290 g/mol. The molecule has 0 saturated carbocycles. The van der Waals surface area contributed by atoms with Crippen molar-refractivity contribution in [3.63, 3.8) is 0 Å². The molecular formula is C16H22N2O3. The molecule has 21 heavy (non-hydrogen) atoms. The van der Waals surface area contributed by atoms with Gasteiger partial charge in [-0.3, -0.25) is 9.59 Å². The van der Waals surface area contributed by atoms with E-state index in [-0.39, 0.29) is 23.7 Å². The summed E-state index contributed by atoms with van der Waals surface area (Å²) in [4.78, 5) is 23.3. The van der Waals surface area contributed by atoms with Gasteiger partial charge in [0.2, 0.25) is 5.91 Å². The van der Waals surface area contributed by atoms with E-state index < -0.39 is 6.10 Å². The van der Waals surface area contributed by atoms with E-state index in [9.17, 15) is 14.7 Å². The normalized spacial score (nSPS) is 23.5. The van der Waals surface area contributed by atoms with E-state index in [1.54, 1.807) is 0 Å². The molecule has 0 spiro atoms. The highest BCUT2D eigenvalue weighted by Gasteiger charge is 2.28. The molecule has 0 bridgehead atoms. The summed E-state index contributed by atoms with van der Waals surface area (Å²) in [7, 11) is 0. The van der Waals surface area contributed by atoms with E-state index >= 15 is 0 Å². The second kappa shape index (κ2) is 7.33. The molecule has 1 aliphatic heterocycles. The maximum Gasteiger partial charge on any atom is 0.234 e. The van der Waals surface area contributed by atoms with Gasteiger partial charge < -0.3 is 16.2 Å². The van der Waals surface area contributed by atoms with Crippen LogP contribution in [0.25, 0.3) is 0 Å².